The van der Waals surface area contributed by atoms with Gasteiger partial charge in [0.25, 0.3) is 0 Å². The zero-order valence-corrected chi connectivity index (χ0v) is 12.6. The topological polar surface area (TPSA) is 50.7 Å². The number of ether oxygens (including phenoxy) is 2. The highest BCUT2D eigenvalue weighted by atomic mass is 16.5. The molecule has 0 aromatic rings. The van der Waals surface area contributed by atoms with Crippen LogP contribution in [0.3, 0.4) is 0 Å². The van der Waals surface area contributed by atoms with Crippen LogP contribution in [0.5, 0.6) is 0 Å². The number of aliphatic hydroxyl groups is 1. The highest BCUT2D eigenvalue weighted by Crippen LogP contribution is 2.02. The average molecular weight is 261 g/mol. The summed E-state index contributed by atoms with van der Waals surface area (Å²) in [5.74, 6) is 0.992. The van der Waals surface area contributed by atoms with E-state index in [1.807, 2.05) is 6.92 Å². The van der Waals surface area contributed by atoms with E-state index in [-0.39, 0.29) is 6.04 Å². The minimum Gasteiger partial charge on any atom is -0.389 e. The van der Waals surface area contributed by atoms with Gasteiger partial charge in [0, 0.05) is 25.8 Å². The maximum atomic E-state index is 9.79. The molecule has 0 bridgehead atoms. The molecule has 0 saturated carbocycles. The van der Waals surface area contributed by atoms with Gasteiger partial charge in [-0.25, -0.2) is 0 Å². The molecule has 0 aliphatic heterocycles. The molecule has 2 N–H and O–H groups in total. The predicted molar refractivity (Wildman–Crippen MR) is 74.8 cm³/mol. The molecule has 0 fully saturated rings. The molecular weight excluding hydrogens is 230 g/mol. The molecule has 110 valence electrons. The van der Waals surface area contributed by atoms with Crippen LogP contribution in [0.2, 0.25) is 0 Å². The fourth-order valence-corrected chi connectivity index (χ4v) is 1.52. The number of rotatable bonds is 11. The molecule has 0 heterocycles. The van der Waals surface area contributed by atoms with Crippen LogP contribution in [-0.2, 0) is 9.47 Å². The van der Waals surface area contributed by atoms with Gasteiger partial charge in [-0.1, -0.05) is 27.7 Å². The zero-order chi connectivity index (χ0) is 14.0. The summed E-state index contributed by atoms with van der Waals surface area (Å²) < 4.78 is 10.8. The number of aliphatic hydroxyl groups excluding tert-OH is 1. The van der Waals surface area contributed by atoms with Gasteiger partial charge in [0.1, 0.15) is 0 Å². The van der Waals surface area contributed by atoms with Crippen molar-refractivity contribution in [3.8, 4) is 0 Å². The molecule has 0 aliphatic carbocycles. The van der Waals surface area contributed by atoms with E-state index in [9.17, 15) is 5.11 Å². The second-order valence-electron chi connectivity index (χ2n) is 5.50. The number of nitrogens with one attached hydrogen (secondary N) is 1. The Morgan fingerprint density at radius 2 is 1.67 bits per heavy atom. The lowest BCUT2D eigenvalue weighted by atomic mass is 10.1. The first-order chi connectivity index (χ1) is 8.47. The van der Waals surface area contributed by atoms with Crippen molar-refractivity contribution in [3.63, 3.8) is 0 Å². The van der Waals surface area contributed by atoms with E-state index in [1.165, 1.54) is 0 Å². The van der Waals surface area contributed by atoms with Crippen molar-refractivity contribution in [2.24, 2.45) is 11.8 Å². The van der Waals surface area contributed by atoms with Crippen LogP contribution >= 0.6 is 0 Å². The molecule has 0 spiro atoms. The average Bonchev–Trinajstić information content (AvgIpc) is 2.28. The lowest BCUT2D eigenvalue weighted by Crippen LogP contribution is -2.43. The summed E-state index contributed by atoms with van der Waals surface area (Å²) in [4.78, 5) is 0. The largest absolute Gasteiger partial charge is 0.389 e. The molecule has 4 nitrogen and oxygen atoms in total. The van der Waals surface area contributed by atoms with Gasteiger partial charge in [-0.15, -0.1) is 0 Å². The normalized spacial score (nSPS) is 15.3. The second kappa shape index (κ2) is 10.7. The molecule has 0 saturated heterocycles. The van der Waals surface area contributed by atoms with E-state index in [2.05, 4.69) is 33.0 Å². The summed E-state index contributed by atoms with van der Waals surface area (Å²) in [5, 5.41) is 13.1. The van der Waals surface area contributed by atoms with E-state index < -0.39 is 6.10 Å². The first kappa shape index (κ1) is 17.8. The van der Waals surface area contributed by atoms with Crippen molar-refractivity contribution in [2.45, 2.75) is 46.8 Å². The highest BCUT2D eigenvalue weighted by Gasteiger charge is 2.14. The SMILES string of the molecule is CCOCC(NCC(O)COCC(C)C)C(C)C. The van der Waals surface area contributed by atoms with Crippen LogP contribution in [0, 0.1) is 11.8 Å². The standard InChI is InChI=1S/C14H31NO3/c1-6-17-10-14(12(4)5)15-7-13(16)9-18-8-11(2)3/h11-16H,6-10H2,1-5H3. The van der Waals surface area contributed by atoms with Crippen LogP contribution in [0.15, 0.2) is 0 Å². The minimum absolute atomic E-state index is 0.282. The fourth-order valence-electron chi connectivity index (χ4n) is 1.52. The van der Waals surface area contributed by atoms with Crippen LogP contribution < -0.4 is 5.32 Å². The van der Waals surface area contributed by atoms with Gasteiger partial charge >= 0.3 is 0 Å². The molecular formula is C14H31NO3. The molecule has 2 atom stereocenters. The van der Waals surface area contributed by atoms with Crippen molar-refractivity contribution in [3.05, 3.63) is 0 Å². The fraction of sp³-hybridized carbons (Fsp3) is 1.00. The maximum absolute atomic E-state index is 9.79. The Morgan fingerprint density at radius 1 is 1.00 bits per heavy atom. The van der Waals surface area contributed by atoms with E-state index in [1.54, 1.807) is 0 Å². The van der Waals surface area contributed by atoms with E-state index >= 15 is 0 Å². The predicted octanol–water partition coefficient (Wildman–Crippen LogP) is 1.67. The van der Waals surface area contributed by atoms with Crippen LogP contribution in [0.1, 0.15) is 34.6 Å². The Hall–Kier alpha value is -0.160. The summed E-state index contributed by atoms with van der Waals surface area (Å²) in [6.45, 7) is 13.5. The van der Waals surface area contributed by atoms with Crippen molar-refractivity contribution < 1.29 is 14.6 Å². The summed E-state index contributed by atoms with van der Waals surface area (Å²) >= 11 is 0. The van der Waals surface area contributed by atoms with Crippen molar-refractivity contribution in [2.75, 3.05) is 33.0 Å². The molecule has 0 amide bonds. The molecule has 4 heteroatoms. The smallest absolute Gasteiger partial charge is 0.0897 e. The van der Waals surface area contributed by atoms with Crippen molar-refractivity contribution >= 4 is 0 Å². The molecule has 0 radical (unpaired) electrons. The minimum atomic E-state index is -0.452. The quantitative estimate of drug-likeness (QED) is 0.594. The van der Waals surface area contributed by atoms with Crippen molar-refractivity contribution in [1.29, 1.82) is 0 Å². The van der Waals surface area contributed by atoms with Gasteiger partial charge in [-0.3, -0.25) is 0 Å². The molecule has 0 aromatic heterocycles. The Labute approximate surface area is 112 Å². The Balaban J connectivity index is 3.74. The second-order valence-corrected chi connectivity index (χ2v) is 5.50. The summed E-state index contributed by atoms with van der Waals surface area (Å²) in [6.07, 6.45) is -0.452. The number of hydrogen-bond donors (Lipinski definition) is 2. The van der Waals surface area contributed by atoms with Gasteiger partial charge < -0.3 is 19.9 Å². The summed E-state index contributed by atoms with van der Waals surface area (Å²) in [6, 6.07) is 0.282. The highest BCUT2D eigenvalue weighted by molar-refractivity contribution is 4.72. The Morgan fingerprint density at radius 3 is 2.17 bits per heavy atom. The molecule has 0 rings (SSSR count). The van der Waals surface area contributed by atoms with Gasteiger partial charge in [0.05, 0.1) is 19.3 Å². The lowest BCUT2D eigenvalue weighted by molar-refractivity contribution is 0.0212. The maximum Gasteiger partial charge on any atom is 0.0897 e. The van der Waals surface area contributed by atoms with Crippen LogP contribution in [0.25, 0.3) is 0 Å². The van der Waals surface area contributed by atoms with Gasteiger partial charge in [-0.2, -0.15) is 0 Å². The Kier molecular flexibility index (Phi) is 10.6. The van der Waals surface area contributed by atoms with Gasteiger partial charge in [0.15, 0.2) is 0 Å². The summed E-state index contributed by atoms with van der Waals surface area (Å²) in [7, 11) is 0. The summed E-state index contributed by atoms with van der Waals surface area (Å²) in [5.41, 5.74) is 0. The Bertz CT molecular complexity index is 186. The van der Waals surface area contributed by atoms with Crippen LogP contribution in [0.4, 0.5) is 0 Å². The zero-order valence-electron chi connectivity index (χ0n) is 12.6. The van der Waals surface area contributed by atoms with Crippen LogP contribution in [-0.4, -0.2) is 50.2 Å². The third kappa shape index (κ3) is 9.83. The molecule has 0 aromatic carbocycles. The van der Waals surface area contributed by atoms with E-state index in [4.69, 9.17) is 9.47 Å². The molecule has 18 heavy (non-hydrogen) atoms. The third-order valence-electron chi connectivity index (χ3n) is 2.68. The molecule has 0 aliphatic rings. The number of hydrogen-bond acceptors (Lipinski definition) is 4. The van der Waals surface area contributed by atoms with Crippen molar-refractivity contribution in [1.82, 2.24) is 5.32 Å². The lowest BCUT2D eigenvalue weighted by Gasteiger charge is -2.24. The van der Waals surface area contributed by atoms with Gasteiger partial charge in [-0.05, 0) is 18.8 Å². The van der Waals surface area contributed by atoms with E-state index in [0.717, 1.165) is 6.61 Å². The molecule has 2 unspecified atom stereocenters. The third-order valence-corrected chi connectivity index (χ3v) is 2.68. The first-order valence-electron chi connectivity index (χ1n) is 7.04. The van der Waals surface area contributed by atoms with Gasteiger partial charge in [0.2, 0.25) is 0 Å². The van der Waals surface area contributed by atoms with E-state index in [0.29, 0.717) is 38.2 Å². The first-order valence-corrected chi connectivity index (χ1v) is 7.04. The monoisotopic (exact) mass is 261 g/mol.